The number of fused-ring (bicyclic) bond motifs is 2. The van der Waals surface area contributed by atoms with Gasteiger partial charge in [0.15, 0.2) is 0 Å². The topological polar surface area (TPSA) is 17.8 Å². The van der Waals surface area contributed by atoms with E-state index in [1.165, 1.54) is 25.7 Å². The number of imidazole rings is 1. The van der Waals surface area contributed by atoms with E-state index < -0.39 is 0 Å². The Morgan fingerprint density at radius 3 is 2.83 bits per heavy atom. The first-order valence-corrected chi connectivity index (χ1v) is 4.91. The summed E-state index contributed by atoms with van der Waals surface area (Å²) < 4.78 is 2.31. The molecule has 0 aromatic carbocycles. The Morgan fingerprint density at radius 1 is 1.25 bits per heavy atom. The monoisotopic (exact) mass is 162 g/mol. The van der Waals surface area contributed by atoms with Crippen LogP contribution in [0.15, 0.2) is 18.7 Å². The summed E-state index contributed by atoms with van der Waals surface area (Å²) in [5.41, 5.74) is 0. The van der Waals surface area contributed by atoms with Crippen molar-refractivity contribution >= 4 is 0 Å². The van der Waals surface area contributed by atoms with E-state index in [9.17, 15) is 0 Å². The van der Waals surface area contributed by atoms with Crippen LogP contribution < -0.4 is 0 Å². The van der Waals surface area contributed by atoms with Crippen molar-refractivity contribution in [2.45, 2.75) is 31.7 Å². The van der Waals surface area contributed by atoms with Gasteiger partial charge in [0.25, 0.3) is 0 Å². The lowest BCUT2D eigenvalue weighted by molar-refractivity contribution is 0.329. The molecule has 0 amide bonds. The zero-order valence-corrected chi connectivity index (χ0v) is 7.19. The summed E-state index contributed by atoms with van der Waals surface area (Å²) in [6.07, 6.45) is 11.8. The van der Waals surface area contributed by atoms with Crippen LogP contribution in [0.5, 0.6) is 0 Å². The second kappa shape index (κ2) is 2.35. The Hall–Kier alpha value is -0.790. The Balaban J connectivity index is 1.87. The van der Waals surface area contributed by atoms with Crippen LogP contribution in [-0.2, 0) is 0 Å². The van der Waals surface area contributed by atoms with Gasteiger partial charge in [-0.25, -0.2) is 4.98 Å². The molecule has 2 nitrogen and oxygen atoms in total. The van der Waals surface area contributed by atoms with Gasteiger partial charge in [-0.15, -0.1) is 0 Å². The maximum atomic E-state index is 4.11. The minimum atomic E-state index is 0.784. The zero-order chi connectivity index (χ0) is 7.97. The van der Waals surface area contributed by atoms with Crippen molar-refractivity contribution in [2.75, 3.05) is 0 Å². The van der Waals surface area contributed by atoms with E-state index in [4.69, 9.17) is 0 Å². The molecule has 1 heterocycles. The van der Waals surface area contributed by atoms with E-state index in [1.807, 2.05) is 12.5 Å². The molecule has 2 heteroatoms. The van der Waals surface area contributed by atoms with E-state index in [0.717, 1.165) is 17.9 Å². The number of nitrogens with zero attached hydrogens (tertiary/aromatic N) is 2. The van der Waals surface area contributed by atoms with E-state index in [1.54, 1.807) is 0 Å². The van der Waals surface area contributed by atoms with Crippen LogP contribution in [-0.4, -0.2) is 9.55 Å². The fraction of sp³-hybridized carbons (Fsp3) is 0.700. The van der Waals surface area contributed by atoms with E-state index in [0.29, 0.717) is 0 Å². The largest absolute Gasteiger partial charge is 0.334 e. The molecule has 3 atom stereocenters. The second-order valence-electron chi connectivity index (χ2n) is 4.25. The lowest BCUT2D eigenvalue weighted by atomic mass is 9.95. The van der Waals surface area contributed by atoms with Gasteiger partial charge < -0.3 is 4.57 Å². The molecule has 2 saturated carbocycles. The first kappa shape index (κ1) is 6.70. The normalized spacial score (nSPS) is 39.2. The highest BCUT2D eigenvalue weighted by molar-refractivity contribution is 4.95. The minimum Gasteiger partial charge on any atom is -0.334 e. The van der Waals surface area contributed by atoms with Gasteiger partial charge in [0.05, 0.1) is 6.33 Å². The van der Waals surface area contributed by atoms with Crippen molar-refractivity contribution in [3.8, 4) is 0 Å². The van der Waals surface area contributed by atoms with Crippen LogP contribution in [0.3, 0.4) is 0 Å². The number of aromatic nitrogens is 2. The van der Waals surface area contributed by atoms with Crippen LogP contribution >= 0.6 is 0 Å². The van der Waals surface area contributed by atoms with Gasteiger partial charge in [0.1, 0.15) is 0 Å². The Bertz CT molecular complexity index is 265. The van der Waals surface area contributed by atoms with Crippen LogP contribution in [0.4, 0.5) is 0 Å². The molecule has 12 heavy (non-hydrogen) atoms. The van der Waals surface area contributed by atoms with Crippen molar-refractivity contribution in [1.29, 1.82) is 0 Å². The highest BCUT2D eigenvalue weighted by Gasteiger charge is 2.39. The maximum absolute atomic E-state index is 4.11. The van der Waals surface area contributed by atoms with Crippen LogP contribution in [0.25, 0.3) is 0 Å². The molecule has 0 saturated heterocycles. The molecule has 2 fully saturated rings. The van der Waals surface area contributed by atoms with Gasteiger partial charge in [-0.3, -0.25) is 0 Å². The number of hydrogen-bond acceptors (Lipinski definition) is 1. The van der Waals surface area contributed by atoms with Crippen molar-refractivity contribution < 1.29 is 0 Å². The summed E-state index contributed by atoms with van der Waals surface area (Å²) in [4.78, 5) is 4.11. The Kier molecular flexibility index (Phi) is 1.31. The summed E-state index contributed by atoms with van der Waals surface area (Å²) in [5, 5.41) is 0. The third-order valence-corrected chi connectivity index (χ3v) is 3.61. The molecule has 0 spiro atoms. The molecule has 1 aromatic heterocycles. The predicted octanol–water partition coefficient (Wildman–Crippen LogP) is 2.24. The van der Waals surface area contributed by atoms with E-state index in [2.05, 4.69) is 15.7 Å². The van der Waals surface area contributed by atoms with E-state index >= 15 is 0 Å². The molecule has 3 unspecified atom stereocenters. The average Bonchev–Trinajstić information content (AvgIpc) is 2.81. The van der Waals surface area contributed by atoms with Gasteiger partial charge in [-0.2, -0.15) is 0 Å². The molecule has 2 aliphatic rings. The zero-order valence-electron chi connectivity index (χ0n) is 7.19. The molecule has 64 valence electrons. The predicted molar refractivity (Wildman–Crippen MR) is 46.7 cm³/mol. The van der Waals surface area contributed by atoms with Gasteiger partial charge in [0.2, 0.25) is 0 Å². The summed E-state index contributed by atoms with van der Waals surface area (Å²) in [5.74, 6) is 1.99. The van der Waals surface area contributed by atoms with Crippen molar-refractivity contribution in [3.63, 3.8) is 0 Å². The quantitative estimate of drug-likeness (QED) is 0.619. The average molecular weight is 162 g/mol. The van der Waals surface area contributed by atoms with E-state index in [-0.39, 0.29) is 0 Å². The highest BCUT2D eigenvalue weighted by Crippen LogP contribution is 2.50. The second-order valence-corrected chi connectivity index (χ2v) is 4.25. The van der Waals surface area contributed by atoms with Gasteiger partial charge >= 0.3 is 0 Å². The summed E-state index contributed by atoms with van der Waals surface area (Å²) in [6, 6.07) is 0.784. The smallest absolute Gasteiger partial charge is 0.0948 e. The van der Waals surface area contributed by atoms with Crippen LogP contribution in [0.1, 0.15) is 31.7 Å². The molecule has 3 rings (SSSR count). The van der Waals surface area contributed by atoms with Gasteiger partial charge in [-0.05, 0) is 31.1 Å². The van der Waals surface area contributed by atoms with Crippen molar-refractivity contribution in [3.05, 3.63) is 18.7 Å². The first-order valence-electron chi connectivity index (χ1n) is 4.91. The SMILES string of the molecule is c1cn(C2CC3CCC2C3)cn1. The van der Waals surface area contributed by atoms with Crippen molar-refractivity contribution in [1.82, 2.24) is 9.55 Å². The fourth-order valence-electron chi connectivity index (χ4n) is 3.04. The molecule has 0 N–H and O–H groups in total. The lowest BCUT2D eigenvalue weighted by Crippen LogP contribution is -2.14. The summed E-state index contributed by atoms with van der Waals surface area (Å²) >= 11 is 0. The molecule has 0 aliphatic heterocycles. The minimum absolute atomic E-state index is 0.784. The molecule has 0 radical (unpaired) electrons. The third kappa shape index (κ3) is 0.838. The summed E-state index contributed by atoms with van der Waals surface area (Å²) in [6.45, 7) is 0. The fourth-order valence-corrected chi connectivity index (χ4v) is 3.04. The third-order valence-electron chi connectivity index (χ3n) is 3.61. The molecule has 2 bridgehead atoms. The highest BCUT2D eigenvalue weighted by atomic mass is 15.1. The number of rotatable bonds is 1. The molecule has 2 aliphatic carbocycles. The van der Waals surface area contributed by atoms with Crippen LogP contribution in [0, 0.1) is 11.8 Å². The molecular formula is C10H14N2. The van der Waals surface area contributed by atoms with Gasteiger partial charge in [0, 0.05) is 18.4 Å². The van der Waals surface area contributed by atoms with Gasteiger partial charge in [-0.1, -0.05) is 6.42 Å². The Labute approximate surface area is 72.6 Å². The number of hydrogen-bond donors (Lipinski definition) is 0. The molecule has 1 aromatic rings. The van der Waals surface area contributed by atoms with Crippen molar-refractivity contribution in [2.24, 2.45) is 11.8 Å². The first-order chi connectivity index (χ1) is 5.93. The standard InChI is InChI=1S/C10H14N2/c1-2-9-5-8(1)6-10(9)12-4-3-11-7-12/h3-4,7-10H,1-2,5-6H2. The Morgan fingerprint density at radius 2 is 2.25 bits per heavy atom. The maximum Gasteiger partial charge on any atom is 0.0948 e. The lowest BCUT2D eigenvalue weighted by Gasteiger charge is -2.22. The summed E-state index contributed by atoms with van der Waals surface area (Å²) in [7, 11) is 0. The van der Waals surface area contributed by atoms with Crippen LogP contribution in [0.2, 0.25) is 0 Å². The molecular weight excluding hydrogens is 148 g/mol.